The van der Waals surface area contributed by atoms with Crippen molar-refractivity contribution in [2.24, 2.45) is 7.05 Å². The van der Waals surface area contributed by atoms with Gasteiger partial charge < -0.3 is 9.30 Å². The smallest absolute Gasteiger partial charge is 0.169 e. The summed E-state index contributed by atoms with van der Waals surface area (Å²) in [6.07, 6.45) is 10.9. The molecule has 5 rings (SSSR count). The molecule has 1 aliphatic heterocycles. The van der Waals surface area contributed by atoms with E-state index < -0.39 is 0 Å². The van der Waals surface area contributed by atoms with E-state index >= 15 is 0 Å². The number of aryl methyl sites for hydroxylation is 3. The number of carbonyl (C=O) groups excluding carboxylic acids is 1. The highest BCUT2D eigenvalue weighted by Crippen LogP contribution is 2.31. The number of benzene rings is 1. The van der Waals surface area contributed by atoms with Crippen molar-refractivity contribution in [2.45, 2.75) is 52.0 Å². The van der Waals surface area contributed by atoms with Crippen molar-refractivity contribution in [3.05, 3.63) is 70.7 Å². The Balaban J connectivity index is 1.30. The molecule has 0 spiro atoms. The maximum atomic E-state index is 13.3. The van der Waals surface area contributed by atoms with E-state index in [1.165, 1.54) is 17.6 Å². The number of ether oxygens (including phenoxy) is 1. The number of fused-ring (bicyclic) bond motifs is 1. The average molecular weight is 458 g/mol. The van der Waals surface area contributed by atoms with Crippen LogP contribution < -0.4 is 0 Å². The first-order valence-electron chi connectivity index (χ1n) is 12.6. The molecule has 1 atom stereocenters. The maximum Gasteiger partial charge on any atom is 0.169 e. The van der Waals surface area contributed by atoms with Gasteiger partial charge in [0.05, 0.1) is 18.9 Å². The third kappa shape index (κ3) is 4.59. The summed E-state index contributed by atoms with van der Waals surface area (Å²) in [4.78, 5) is 20.7. The van der Waals surface area contributed by atoms with Crippen LogP contribution in [0.25, 0.3) is 16.5 Å². The molecule has 34 heavy (non-hydrogen) atoms. The van der Waals surface area contributed by atoms with Crippen LogP contribution in [0.5, 0.6) is 0 Å². The first-order chi connectivity index (χ1) is 16.5. The molecule has 178 valence electrons. The van der Waals surface area contributed by atoms with Crippen LogP contribution in [-0.2, 0) is 24.6 Å². The predicted molar refractivity (Wildman–Crippen MR) is 137 cm³/mol. The summed E-state index contributed by atoms with van der Waals surface area (Å²) in [7, 11) is 2.01. The number of Topliss-reactive ketones (excluding diaryl/α,β-unsaturated/α-hetero) is 1. The van der Waals surface area contributed by atoms with Gasteiger partial charge in [-0.1, -0.05) is 25.1 Å². The average Bonchev–Trinajstić information content (AvgIpc) is 3.20. The molecule has 0 amide bonds. The predicted octanol–water partition coefficient (Wildman–Crippen LogP) is 5.14. The highest BCUT2D eigenvalue weighted by molar-refractivity contribution is 6.09. The lowest BCUT2D eigenvalue weighted by atomic mass is 9.90. The van der Waals surface area contributed by atoms with Crippen molar-refractivity contribution in [1.29, 1.82) is 0 Å². The molecule has 3 heterocycles. The van der Waals surface area contributed by atoms with Gasteiger partial charge in [0.25, 0.3) is 0 Å². The Morgan fingerprint density at radius 3 is 2.71 bits per heavy atom. The van der Waals surface area contributed by atoms with Crippen molar-refractivity contribution in [2.75, 3.05) is 26.3 Å². The summed E-state index contributed by atoms with van der Waals surface area (Å²) in [6.45, 7) is 8.07. The second-order valence-electron chi connectivity index (χ2n) is 9.77. The van der Waals surface area contributed by atoms with E-state index in [9.17, 15) is 4.79 Å². The summed E-state index contributed by atoms with van der Waals surface area (Å²) < 4.78 is 7.55. The van der Waals surface area contributed by atoms with Crippen LogP contribution >= 0.6 is 0 Å². The van der Waals surface area contributed by atoms with Gasteiger partial charge in [0.2, 0.25) is 0 Å². The van der Waals surface area contributed by atoms with E-state index in [1.54, 1.807) is 0 Å². The minimum atomic E-state index is 0.151. The number of rotatable bonds is 6. The molecule has 0 bridgehead atoms. The fourth-order valence-corrected chi connectivity index (χ4v) is 5.54. The van der Waals surface area contributed by atoms with Crippen LogP contribution in [-0.4, -0.2) is 52.6 Å². The molecular weight excluding hydrogens is 422 g/mol. The lowest BCUT2D eigenvalue weighted by Gasteiger charge is -2.36. The molecule has 1 aromatic carbocycles. The normalized spacial score (nSPS) is 19.4. The lowest BCUT2D eigenvalue weighted by molar-refractivity contribution is 0.0150. The number of aromatic nitrogens is 2. The molecule has 0 saturated carbocycles. The number of ketones is 1. The van der Waals surface area contributed by atoms with E-state index in [2.05, 4.69) is 49.1 Å². The van der Waals surface area contributed by atoms with Crippen LogP contribution in [0.2, 0.25) is 0 Å². The first kappa shape index (κ1) is 23.0. The lowest BCUT2D eigenvalue weighted by Crippen LogP contribution is -2.43. The highest BCUT2D eigenvalue weighted by atomic mass is 16.5. The second-order valence-corrected chi connectivity index (χ2v) is 9.77. The van der Waals surface area contributed by atoms with Crippen molar-refractivity contribution < 1.29 is 9.53 Å². The summed E-state index contributed by atoms with van der Waals surface area (Å²) >= 11 is 0. The van der Waals surface area contributed by atoms with Gasteiger partial charge in [-0.25, -0.2) is 0 Å². The topological polar surface area (TPSA) is 47.4 Å². The Bertz CT molecular complexity index is 1230. The quantitative estimate of drug-likeness (QED) is 0.481. The Morgan fingerprint density at radius 2 is 2.00 bits per heavy atom. The maximum absolute atomic E-state index is 13.3. The molecular formula is C29H35N3O2. The number of carbonyl (C=O) groups is 1. The number of pyridine rings is 1. The number of nitrogens with zero attached hydrogens (tertiary/aromatic N) is 3. The Morgan fingerprint density at radius 1 is 1.18 bits per heavy atom. The molecule has 0 N–H and O–H groups in total. The molecule has 1 fully saturated rings. The van der Waals surface area contributed by atoms with Gasteiger partial charge in [-0.3, -0.25) is 14.7 Å². The highest BCUT2D eigenvalue weighted by Gasteiger charge is 2.24. The largest absolute Gasteiger partial charge is 0.379 e. The zero-order valence-electron chi connectivity index (χ0n) is 20.6. The molecule has 1 aliphatic carbocycles. The minimum absolute atomic E-state index is 0.151. The standard InChI is InChI=1S/C29H35N3O2/c1-4-21-5-10-27-25(16-21)26(19-31(27)3)28(33)17-22-15-20(2)29(30-18-22)23-6-8-24(9-7-23)32-11-13-34-14-12-32/h5-6,10,15-16,18-19,24H,4,7-9,11-14,17H2,1-3H3. The number of hydrogen-bond donors (Lipinski definition) is 0. The number of allylic oxidation sites excluding steroid dienone is 1. The summed E-state index contributed by atoms with van der Waals surface area (Å²) in [5, 5.41) is 1.05. The van der Waals surface area contributed by atoms with Gasteiger partial charge in [0, 0.05) is 61.5 Å². The zero-order valence-corrected chi connectivity index (χ0v) is 20.6. The van der Waals surface area contributed by atoms with Crippen LogP contribution in [0.15, 0.2) is 42.7 Å². The second kappa shape index (κ2) is 9.85. The van der Waals surface area contributed by atoms with Gasteiger partial charge in [-0.05, 0) is 67.0 Å². The Labute approximate surface area is 202 Å². The Kier molecular flexibility index (Phi) is 6.66. The van der Waals surface area contributed by atoms with E-state index in [4.69, 9.17) is 9.72 Å². The van der Waals surface area contributed by atoms with Crippen molar-refractivity contribution in [1.82, 2.24) is 14.5 Å². The molecule has 2 aliphatic rings. The zero-order chi connectivity index (χ0) is 23.7. The molecule has 1 unspecified atom stereocenters. The summed E-state index contributed by atoms with van der Waals surface area (Å²) in [5.41, 5.74) is 7.75. The number of hydrogen-bond acceptors (Lipinski definition) is 4. The third-order valence-corrected chi connectivity index (χ3v) is 7.51. The molecule has 5 nitrogen and oxygen atoms in total. The summed E-state index contributed by atoms with van der Waals surface area (Å²) in [5.74, 6) is 0.151. The van der Waals surface area contributed by atoms with Gasteiger partial charge in [0.1, 0.15) is 0 Å². The van der Waals surface area contributed by atoms with E-state index in [0.29, 0.717) is 12.5 Å². The molecule has 1 saturated heterocycles. The third-order valence-electron chi connectivity index (χ3n) is 7.51. The van der Waals surface area contributed by atoms with E-state index in [1.807, 2.05) is 24.0 Å². The molecule has 5 heteroatoms. The molecule has 3 aromatic rings. The van der Waals surface area contributed by atoms with Crippen LogP contribution in [0.1, 0.15) is 58.9 Å². The van der Waals surface area contributed by atoms with Crippen molar-refractivity contribution >= 4 is 22.3 Å². The van der Waals surface area contributed by atoms with Crippen LogP contribution in [0.4, 0.5) is 0 Å². The van der Waals surface area contributed by atoms with E-state index in [0.717, 1.165) is 78.9 Å². The fourth-order valence-electron chi connectivity index (χ4n) is 5.54. The first-order valence-corrected chi connectivity index (χ1v) is 12.6. The van der Waals surface area contributed by atoms with Gasteiger partial charge in [0.15, 0.2) is 5.78 Å². The summed E-state index contributed by atoms with van der Waals surface area (Å²) in [6, 6.07) is 9.20. The molecule has 2 aromatic heterocycles. The van der Waals surface area contributed by atoms with Crippen LogP contribution in [0.3, 0.4) is 0 Å². The Hall–Kier alpha value is -2.76. The molecule has 0 radical (unpaired) electrons. The van der Waals surface area contributed by atoms with Crippen molar-refractivity contribution in [3.63, 3.8) is 0 Å². The van der Waals surface area contributed by atoms with Crippen LogP contribution in [0, 0.1) is 6.92 Å². The SMILES string of the molecule is CCc1ccc2c(c1)c(C(=O)Cc1cnc(C3=CCC(N4CCOCC4)CC3)c(C)c1)cn2C. The monoisotopic (exact) mass is 457 g/mol. The van der Waals surface area contributed by atoms with Gasteiger partial charge in [-0.2, -0.15) is 0 Å². The van der Waals surface area contributed by atoms with Gasteiger partial charge >= 0.3 is 0 Å². The minimum Gasteiger partial charge on any atom is -0.379 e. The van der Waals surface area contributed by atoms with Crippen molar-refractivity contribution in [3.8, 4) is 0 Å². The van der Waals surface area contributed by atoms with E-state index in [-0.39, 0.29) is 5.78 Å². The van der Waals surface area contributed by atoms with Gasteiger partial charge in [-0.15, -0.1) is 0 Å². The number of morpholine rings is 1. The fraction of sp³-hybridized carbons (Fsp3) is 0.448.